The maximum atomic E-state index is 12.7. The molecule has 336 valence electrons. The first-order valence-electron chi connectivity index (χ1n) is 22.5. The number of phosphoric acid groups is 1. The number of hydrogen-bond donors (Lipinski definition) is 1. The second-order valence-corrected chi connectivity index (χ2v) is 17.2. The summed E-state index contributed by atoms with van der Waals surface area (Å²) in [6.45, 7) is 4.09. The van der Waals surface area contributed by atoms with E-state index in [1.54, 1.807) is 0 Å². The van der Waals surface area contributed by atoms with Gasteiger partial charge in [0, 0.05) is 12.8 Å². The van der Waals surface area contributed by atoms with E-state index < -0.39 is 32.5 Å². The highest BCUT2D eigenvalue weighted by atomic mass is 31.2. The molecule has 10 heteroatoms. The standard InChI is InChI=1S/C49H82NO8P/c1-6-8-10-12-14-16-18-20-21-22-23-24-25-26-27-28-30-31-33-35-37-39-41-48(51)55-45-47(46-57-59(53,54)56-44-43-50(3,4)5)58-49(52)42-40-38-36-34-32-29-19-17-15-13-11-9-7-2/h8-11,13-17,19-21,23-24,29,32,47H,6-7,12,18,22,25-28,30-31,33-46H2,1-5H3/p+1/b10-8+,11-9+,15-13+,16-14+,19-17+,21-20+,24-23+,32-29+. The van der Waals surface area contributed by atoms with Crippen LogP contribution in [0.2, 0.25) is 0 Å². The van der Waals surface area contributed by atoms with Crippen LogP contribution in [0.3, 0.4) is 0 Å². The minimum atomic E-state index is -4.39. The predicted octanol–water partition coefficient (Wildman–Crippen LogP) is 13.0. The maximum absolute atomic E-state index is 12.7. The third-order valence-electron chi connectivity index (χ3n) is 8.95. The van der Waals surface area contributed by atoms with Crippen LogP contribution in [0.1, 0.15) is 149 Å². The summed E-state index contributed by atoms with van der Waals surface area (Å²) in [6.07, 6.45) is 53.2. The molecule has 0 aliphatic heterocycles. The number of unbranched alkanes of at least 4 members (excludes halogenated alkanes) is 12. The minimum absolute atomic E-state index is 0.0170. The molecule has 0 aromatic carbocycles. The topological polar surface area (TPSA) is 108 Å². The molecular weight excluding hydrogens is 762 g/mol. The van der Waals surface area contributed by atoms with Crippen LogP contribution < -0.4 is 0 Å². The predicted molar refractivity (Wildman–Crippen MR) is 247 cm³/mol. The summed E-state index contributed by atoms with van der Waals surface area (Å²) in [4.78, 5) is 35.4. The molecule has 1 N–H and O–H groups in total. The Morgan fingerprint density at radius 1 is 0.542 bits per heavy atom. The zero-order chi connectivity index (χ0) is 43.6. The van der Waals surface area contributed by atoms with Crippen molar-refractivity contribution in [2.75, 3.05) is 47.5 Å². The molecule has 0 aliphatic carbocycles. The Morgan fingerprint density at radius 2 is 1.00 bits per heavy atom. The van der Waals surface area contributed by atoms with Gasteiger partial charge in [0.25, 0.3) is 0 Å². The molecule has 0 bridgehead atoms. The molecule has 0 heterocycles. The number of likely N-dealkylation sites (N-methyl/N-ethyl adjacent to an activating group) is 1. The smallest absolute Gasteiger partial charge is 0.462 e. The Kier molecular flexibility index (Phi) is 38.2. The quantitative estimate of drug-likeness (QED) is 0.0163. The fraction of sp³-hybridized carbons (Fsp3) is 0.633. The number of ether oxygens (including phenoxy) is 2. The summed E-state index contributed by atoms with van der Waals surface area (Å²) in [5.41, 5.74) is 0. The lowest BCUT2D eigenvalue weighted by atomic mass is 10.1. The monoisotopic (exact) mass is 845 g/mol. The number of allylic oxidation sites excluding steroid dienone is 16. The molecular formula is C49H83NO8P+. The third-order valence-corrected chi connectivity index (χ3v) is 9.94. The Labute approximate surface area is 360 Å². The van der Waals surface area contributed by atoms with E-state index in [0.717, 1.165) is 83.5 Å². The molecule has 0 spiro atoms. The molecule has 0 amide bonds. The molecule has 0 fully saturated rings. The lowest BCUT2D eigenvalue weighted by Crippen LogP contribution is -2.37. The zero-order valence-corrected chi connectivity index (χ0v) is 38.6. The molecule has 2 unspecified atom stereocenters. The minimum Gasteiger partial charge on any atom is -0.462 e. The molecule has 0 saturated carbocycles. The van der Waals surface area contributed by atoms with Crippen LogP contribution in [0.5, 0.6) is 0 Å². The van der Waals surface area contributed by atoms with E-state index >= 15 is 0 Å². The van der Waals surface area contributed by atoms with Gasteiger partial charge in [-0.15, -0.1) is 0 Å². The van der Waals surface area contributed by atoms with E-state index in [9.17, 15) is 19.0 Å². The largest absolute Gasteiger partial charge is 0.472 e. The summed E-state index contributed by atoms with van der Waals surface area (Å²) in [5.74, 6) is -0.862. The number of hydrogen-bond acceptors (Lipinski definition) is 7. The lowest BCUT2D eigenvalue weighted by Gasteiger charge is -2.24. The van der Waals surface area contributed by atoms with Gasteiger partial charge in [0.15, 0.2) is 6.10 Å². The molecule has 0 rings (SSSR count). The van der Waals surface area contributed by atoms with Crippen LogP contribution in [-0.2, 0) is 32.7 Å². The SMILES string of the molecule is CC/C=C/C=C/C=C/C=C/CCCCCC(=O)OC(COC(=O)CCCCCCCCCCC/C=C/C/C=C/C/C=C/C/C=C/CC)COP(=O)(O)OCC[N+](C)(C)C. The van der Waals surface area contributed by atoms with Crippen molar-refractivity contribution in [1.82, 2.24) is 0 Å². The van der Waals surface area contributed by atoms with Gasteiger partial charge in [0.2, 0.25) is 0 Å². The van der Waals surface area contributed by atoms with E-state index in [2.05, 4.69) is 74.6 Å². The van der Waals surface area contributed by atoms with E-state index in [1.807, 2.05) is 57.6 Å². The van der Waals surface area contributed by atoms with Gasteiger partial charge >= 0.3 is 19.8 Å². The number of nitrogens with zero attached hydrogens (tertiary/aromatic N) is 1. The van der Waals surface area contributed by atoms with Gasteiger partial charge in [-0.2, -0.15) is 0 Å². The van der Waals surface area contributed by atoms with Crippen LogP contribution in [-0.4, -0.2) is 74.9 Å². The number of carbonyl (C=O) groups is 2. The van der Waals surface area contributed by atoms with Gasteiger partial charge in [0.05, 0.1) is 27.7 Å². The van der Waals surface area contributed by atoms with Gasteiger partial charge in [-0.3, -0.25) is 18.6 Å². The Bertz CT molecular complexity index is 1320. The van der Waals surface area contributed by atoms with Crippen LogP contribution in [0.15, 0.2) is 97.2 Å². The van der Waals surface area contributed by atoms with Crippen LogP contribution in [0.4, 0.5) is 0 Å². The fourth-order valence-corrected chi connectivity index (χ4v) is 6.23. The summed E-state index contributed by atoms with van der Waals surface area (Å²) in [6, 6.07) is 0. The van der Waals surface area contributed by atoms with Crippen LogP contribution in [0.25, 0.3) is 0 Å². The molecule has 59 heavy (non-hydrogen) atoms. The zero-order valence-electron chi connectivity index (χ0n) is 37.7. The van der Waals surface area contributed by atoms with Crippen molar-refractivity contribution in [2.24, 2.45) is 0 Å². The van der Waals surface area contributed by atoms with E-state index in [1.165, 1.54) is 32.1 Å². The molecule has 0 aliphatic rings. The highest BCUT2D eigenvalue weighted by Crippen LogP contribution is 2.43. The highest BCUT2D eigenvalue weighted by Gasteiger charge is 2.27. The second kappa shape index (κ2) is 40.3. The number of phosphoric ester groups is 1. The average molecular weight is 845 g/mol. The van der Waals surface area contributed by atoms with Crippen molar-refractivity contribution >= 4 is 19.8 Å². The first kappa shape index (κ1) is 55.9. The normalized spacial score (nSPS) is 14.5. The Balaban J connectivity index is 4.35. The van der Waals surface area contributed by atoms with Crippen LogP contribution in [0, 0.1) is 0 Å². The highest BCUT2D eigenvalue weighted by molar-refractivity contribution is 7.47. The van der Waals surface area contributed by atoms with Crippen molar-refractivity contribution in [1.29, 1.82) is 0 Å². The first-order chi connectivity index (χ1) is 28.5. The number of esters is 2. The number of quaternary nitrogens is 1. The average Bonchev–Trinajstić information content (AvgIpc) is 3.19. The fourth-order valence-electron chi connectivity index (χ4n) is 5.48. The van der Waals surface area contributed by atoms with Gasteiger partial charge in [-0.05, 0) is 70.6 Å². The molecule has 0 aromatic rings. The van der Waals surface area contributed by atoms with Crippen molar-refractivity contribution in [3.63, 3.8) is 0 Å². The summed E-state index contributed by atoms with van der Waals surface area (Å²) < 4.78 is 34.2. The summed E-state index contributed by atoms with van der Waals surface area (Å²) in [7, 11) is 1.43. The summed E-state index contributed by atoms with van der Waals surface area (Å²) in [5, 5.41) is 0. The van der Waals surface area contributed by atoms with Crippen molar-refractivity contribution < 1.29 is 42.1 Å². The second-order valence-electron chi connectivity index (χ2n) is 15.8. The number of carbonyl (C=O) groups excluding carboxylic acids is 2. The Morgan fingerprint density at radius 3 is 1.58 bits per heavy atom. The molecule has 0 aromatic heterocycles. The van der Waals surface area contributed by atoms with Crippen molar-refractivity contribution in [3.8, 4) is 0 Å². The van der Waals surface area contributed by atoms with Crippen molar-refractivity contribution in [2.45, 2.75) is 155 Å². The van der Waals surface area contributed by atoms with E-state index in [4.69, 9.17) is 18.5 Å². The molecule has 0 saturated heterocycles. The van der Waals surface area contributed by atoms with Gasteiger partial charge in [-0.1, -0.05) is 162 Å². The molecule has 9 nitrogen and oxygen atoms in total. The van der Waals surface area contributed by atoms with Gasteiger partial charge < -0.3 is 18.9 Å². The van der Waals surface area contributed by atoms with Crippen LogP contribution >= 0.6 is 7.82 Å². The molecule has 0 radical (unpaired) electrons. The van der Waals surface area contributed by atoms with Crippen molar-refractivity contribution in [3.05, 3.63) is 97.2 Å². The Hall–Kier alpha value is -3.07. The molecule has 2 atom stereocenters. The third kappa shape index (κ3) is 44.3. The lowest BCUT2D eigenvalue weighted by molar-refractivity contribution is -0.870. The number of rotatable bonds is 39. The first-order valence-corrected chi connectivity index (χ1v) is 24.0. The summed E-state index contributed by atoms with van der Waals surface area (Å²) >= 11 is 0. The van der Waals surface area contributed by atoms with E-state index in [-0.39, 0.29) is 26.1 Å². The van der Waals surface area contributed by atoms with E-state index in [0.29, 0.717) is 17.4 Å². The van der Waals surface area contributed by atoms with Gasteiger partial charge in [0.1, 0.15) is 19.8 Å². The maximum Gasteiger partial charge on any atom is 0.472 e. The van der Waals surface area contributed by atoms with Gasteiger partial charge in [-0.25, -0.2) is 4.57 Å².